The average Bonchev–Trinajstić information content (AvgIpc) is 2.36. The van der Waals surface area contributed by atoms with Crippen LogP contribution in [0.4, 0.5) is 11.4 Å². The second-order valence-electron chi connectivity index (χ2n) is 4.67. The fourth-order valence-electron chi connectivity index (χ4n) is 1.84. The number of carbonyl (C=O) groups excluding carboxylic acids is 1. The first kappa shape index (κ1) is 14.4. The van der Waals surface area contributed by atoms with Crippen molar-refractivity contribution >= 4 is 33.2 Å². The zero-order valence-electron chi connectivity index (χ0n) is 11.2. The summed E-state index contributed by atoms with van der Waals surface area (Å²) in [4.78, 5) is 12.2. The number of aryl methyl sites for hydroxylation is 2. The Morgan fingerprint density at radius 3 is 2.55 bits per heavy atom. The lowest BCUT2D eigenvalue weighted by atomic mass is 10.1. The first-order chi connectivity index (χ1) is 9.38. The summed E-state index contributed by atoms with van der Waals surface area (Å²) < 4.78 is 0.722. The minimum Gasteiger partial charge on any atom is -0.508 e. The van der Waals surface area contributed by atoms with Gasteiger partial charge in [0.2, 0.25) is 0 Å². The SMILES string of the molecule is Cc1cc(N)c(NC(=O)c2ccc(C)c(O)c2)c(Br)c1. The van der Waals surface area contributed by atoms with Crippen LogP contribution < -0.4 is 11.1 Å². The van der Waals surface area contributed by atoms with Crippen molar-refractivity contribution in [1.29, 1.82) is 0 Å². The average molecular weight is 335 g/mol. The number of nitrogens with two attached hydrogens (primary N) is 1. The molecule has 0 aliphatic heterocycles. The third kappa shape index (κ3) is 2.93. The number of anilines is 2. The van der Waals surface area contributed by atoms with E-state index < -0.39 is 0 Å². The molecular weight excluding hydrogens is 320 g/mol. The number of halogens is 1. The van der Waals surface area contributed by atoms with Crippen LogP contribution in [0, 0.1) is 13.8 Å². The van der Waals surface area contributed by atoms with Gasteiger partial charge in [0.15, 0.2) is 0 Å². The Bertz CT molecular complexity index is 661. The molecular formula is C15H15BrN2O2. The zero-order chi connectivity index (χ0) is 14.9. The maximum atomic E-state index is 12.2. The fourth-order valence-corrected chi connectivity index (χ4v) is 2.53. The number of carbonyl (C=O) groups is 1. The molecule has 0 saturated heterocycles. The Balaban J connectivity index is 2.30. The molecule has 4 nitrogen and oxygen atoms in total. The molecule has 5 heteroatoms. The van der Waals surface area contributed by atoms with Crippen molar-refractivity contribution in [2.45, 2.75) is 13.8 Å². The first-order valence-corrected chi connectivity index (χ1v) is 6.84. The van der Waals surface area contributed by atoms with Crippen LogP contribution in [-0.4, -0.2) is 11.0 Å². The molecule has 0 aliphatic carbocycles. The largest absolute Gasteiger partial charge is 0.508 e. The molecule has 0 heterocycles. The van der Waals surface area contributed by atoms with Crippen molar-refractivity contribution in [2.75, 3.05) is 11.1 Å². The number of benzene rings is 2. The highest BCUT2D eigenvalue weighted by atomic mass is 79.9. The molecule has 20 heavy (non-hydrogen) atoms. The van der Waals surface area contributed by atoms with Gasteiger partial charge in [-0.25, -0.2) is 0 Å². The third-order valence-electron chi connectivity index (χ3n) is 2.97. The molecule has 0 atom stereocenters. The second kappa shape index (κ2) is 5.54. The Morgan fingerprint density at radius 2 is 1.95 bits per heavy atom. The number of amides is 1. The summed E-state index contributed by atoms with van der Waals surface area (Å²) in [6, 6.07) is 8.44. The molecule has 0 radical (unpaired) electrons. The minimum absolute atomic E-state index is 0.0913. The summed E-state index contributed by atoms with van der Waals surface area (Å²) in [5.74, 6) is -0.231. The molecule has 0 aromatic heterocycles. The van der Waals surface area contributed by atoms with Crippen molar-refractivity contribution < 1.29 is 9.90 Å². The Labute approximate surface area is 125 Å². The van der Waals surface area contributed by atoms with Gasteiger partial charge in [-0.3, -0.25) is 4.79 Å². The van der Waals surface area contributed by atoms with Crippen LogP contribution in [0.5, 0.6) is 5.75 Å². The van der Waals surface area contributed by atoms with E-state index in [0.717, 1.165) is 15.6 Å². The van der Waals surface area contributed by atoms with Gasteiger partial charge in [0.05, 0.1) is 11.4 Å². The van der Waals surface area contributed by atoms with E-state index >= 15 is 0 Å². The summed E-state index contributed by atoms with van der Waals surface area (Å²) in [6.07, 6.45) is 0. The maximum absolute atomic E-state index is 12.2. The molecule has 2 aromatic carbocycles. The summed E-state index contributed by atoms with van der Waals surface area (Å²) in [7, 11) is 0. The molecule has 104 valence electrons. The van der Waals surface area contributed by atoms with E-state index in [1.165, 1.54) is 6.07 Å². The lowest BCUT2D eigenvalue weighted by molar-refractivity contribution is 0.102. The number of hydrogen-bond donors (Lipinski definition) is 3. The van der Waals surface area contributed by atoms with Crippen molar-refractivity contribution in [2.24, 2.45) is 0 Å². The first-order valence-electron chi connectivity index (χ1n) is 6.05. The van der Waals surface area contributed by atoms with Crippen molar-refractivity contribution in [3.63, 3.8) is 0 Å². The molecule has 0 saturated carbocycles. The highest BCUT2D eigenvalue weighted by Crippen LogP contribution is 2.31. The number of hydrogen-bond acceptors (Lipinski definition) is 3. The fraction of sp³-hybridized carbons (Fsp3) is 0.133. The van der Waals surface area contributed by atoms with Gasteiger partial charge in [-0.2, -0.15) is 0 Å². The van der Waals surface area contributed by atoms with Crippen LogP contribution in [0.1, 0.15) is 21.5 Å². The van der Waals surface area contributed by atoms with Gasteiger partial charge < -0.3 is 16.2 Å². The molecule has 2 rings (SSSR count). The van der Waals surface area contributed by atoms with E-state index in [1.807, 2.05) is 13.0 Å². The second-order valence-corrected chi connectivity index (χ2v) is 5.52. The minimum atomic E-state index is -0.323. The molecule has 0 aliphatic rings. The summed E-state index contributed by atoms with van der Waals surface area (Å²) in [5.41, 5.74) is 9.02. The molecule has 2 aromatic rings. The zero-order valence-corrected chi connectivity index (χ0v) is 12.8. The van der Waals surface area contributed by atoms with E-state index in [-0.39, 0.29) is 11.7 Å². The van der Waals surface area contributed by atoms with Gasteiger partial charge in [0.25, 0.3) is 5.91 Å². The standard InChI is InChI=1S/C15H15BrN2O2/c1-8-5-11(16)14(12(17)6-8)18-15(20)10-4-3-9(2)13(19)7-10/h3-7,19H,17H2,1-2H3,(H,18,20). The topological polar surface area (TPSA) is 75.3 Å². The maximum Gasteiger partial charge on any atom is 0.255 e. The highest BCUT2D eigenvalue weighted by Gasteiger charge is 2.12. The number of phenols is 1. The van der Waals surface area contributed by atoms with Crippen molar-refractivity contribution in [3.8, 4) is 5.75 Å². The smallest absolute Gasteiger partial charge is 0.255 e. The number of aromatic hydroxyl groups is 1. The molecule has 1 amide bonds. The van der Waals surface area contributed by atoms with Gasteiger partial charge in [-0.15, -0.1) is 0 Å². The molecule has 0 unspecified atom stereocenters. The third-order valence-corrected chi connectivity index (χ3v) is 3.60. The van der Waals surface area contributed by atoms with Crippen LogP contribution in [-0.2, 0) is 0 Å². The predicted molar refractivity (Wildman–Crippen MR) is 84.1 cm³/mol. The van der Waals surface area contributed by atoms with Gasteiger partial charge in [-0.05, 0) is 65.2 Å². The normalized spacial score (nSPS) is 10.3. The molecule has 0 fully saturated rings. The predicted octanol–water partition coefficient (Wildman–Crippen LogP) is 3.61. The number of rotatable bonds is 2. The lowest BCUT2D eigenvalue weighted by Gasteiger charge is -2.12. The van der Waals surface area contributed by atoms with Crippen LogP contribution in [0.2, 0.25) is 0 Å². The van der Waals surface area contributed by atoms with Gasteiger partial charge in [0.1, 0.15) is 5.75 Å². The van der Waals surface area contributed by atoms with Crippen molar-refractivity contribution in [1.82, 2.24) is 0 Å². The monoisotopic (exact) mass is 334 g/mol. The summed E-state index contributed by atoms with van der Waals surface area (Å²) in [6.45, 7) is 3.69. The molecule has 0 bridgehead atoms. The Hall–Kier alpha value is -2.01. The number of nitrogens with one attached hydrogen (secondary N) is 1. The molecule has 4 N–H and O–H groups in total. The Kier molecular flexibility index (Phi) is 3.99. The van der Waals surface area contributed by atoms with E-state index in [9.17, 15) is 9.90 Å². The van der Waals surface area contributed by atoms with E-state index in [4.69, 9.17) is 5.73 Å². The van der Waals surface area contributed by atoms with Gasteiger partial charge in [0, 0.05) is 10.0 Å². The molecule has 0 spiro atoms. The quantitative estimate of drug-likeness (QED) is 0.734. The number of phenolic OH excluding ortho intramolecular Hbond substituents is 1. The van der Waals surface area contributed by atoms with Gasteiger partial charge in [-0.1, -0.05) is 6.07 Å². The van der Waals surface area contributed by atoms with Crippen LogP contribution in [0.3, 0.4) is 0 Å². The summed E-state index contributed by atoms with van der Waals surface area (Å²) >= 11 is 3.38. The van der Waals surface area contributed by atoms with Crippen molar-refractivity contribution in [3.05, 3.63) is 51.5 Å². The van der Waals surface area contributed by atoms with E-state index in [0.29, 0.717) is 16.9 Å². The van der Waals surface area contributed by atoms with Crippen LogP contribution in [0.25, 0.3) is 0 Å². The number of nitrogen functional groups attached to an aromatic ring is 1. The summed E-state index contributed by atoms with van der Waals surface area (Å²) in [5, 5.41) is 12.4. The van der Waals surface area contributed by atoms with Crippen LogP contribution in [0.15, 0.2) is 34.8 Å². The van der Waals surface area contributed by atoms with Gasteiger partial charge >= 0.3 is 0 Å². The Morgan fingerprint density at radius 1 is 1.25 bits per heavy atom. The van der Waals surface area contributed by atoms with E-state index in [1.54, 1.807) is 25.1 Å². The lowest BCUT2D eigenvalue weighted by Crippen LogP contribution is -2.13. The highest BCUT2D eigenvalue weighted by molar-refractivity contribution is 9.10. The van der Waals surface area contributed by atoms with E-state index in [2.05, 4.69) is 21.2 Å². The van der Waals surface area contributed by atoms with Crippen LogP contribution >= 0.6 is 15.9 Å².